The number of hydrogen-bond acceptors (Lipinski definition) is 3. The number of pyridine rings is 1. The van der Waals surface area contributed by atoms with Gasteiger partial charge in [0.25, 0.3) is 0 Å². The Kier molecular flexibility index (Phi) is 5.37. The molecule has 1 atom stereocenters. The zero-order valence-electron chi connectivity index (χ0n) is 15.8. The van der Waals surface area contributed by atoms with Gasteiger partial charge in [-0.1, -0.05) is 42.2 Å². The molecule has 0 amide bonds. The standard InChI is InChI=1S/C24H18N2O2S/c1-26-22-11-10-20(9-5-8-18-12-14-25-15-13-18)16-21(22)24(27)23(29(26)28)17-19-6-3-2-4-7-19/h2-4,6-7,10-17H,8H2,1H3/b23-17+. The van der Waals surface area contributed by atoms with Gasteiger partial charge in [0.15, 0.2) is 11.0 Å². The highest BCUT2D eigenvalue weighted by Crippen LogP contribution is 2.33. The summed E-state index contributed by atoms with van der Waals surface area (Å²) < 4.78 is 14.5. The maximum absolute atomic E-state index is 13.1. The number of nitrogens with zero attached hydrogens (tertiary/aromatic N) is 2. The highest BCUT2D eigenvalue weighted by atomic mass is 32.2. The minimum atomic E-state index is -1.55. The van der Waals surface area contributed by atoms with Crippen molar-refractivity contribution in [2.24, 2.45) is 0 Å². The van der Waals surface area contributed by atoms with Gasteiger partial charge in [0.2, 0.25) is 5.78 Å². The molecule has 1 aromatic heterocycles. The lowest BCUT2D eigenvalue weighted by molar-refractivity contribution is 0.104. The Morgan fingerprint density at radius 2 is 1.83 bits per heavy atom. The lowest BCUT2D eigenvalue weighted by atomic mass is 10.0. The summed E-state index contributed by atoms with van der Waals surface area (Å²) in [5, 5.41) is 0. The maximum atomic E-state index is 13.1. The molecule has 29 heavy (non-hydrogen) atoms. The van der Waals surface area contributed by atoms with Crippen molar-refractivity contribution in [2.75, 3.05) is 11.4 Å². The summed E-state index contributed by atoms with van der Waals surface area (Å²) in [6, 6.07) is 18.7. The third kappa shape index (κ3) is 4.03. The number of rotatable bonds is 2. The number of fused-ring (bicyclic) bond motifs is 1. The summed E-state index contributed by atoms with van der Waals surface area (Å²) in [6.45, 7) is 0. The van der Waals surface area contributed by atoms with Crippen LogP contribution in [-0.2, 0) is 17.4 Å². The Hall–Kier alpha value is -3.49. The van der Waals surface area contributed by atoms with E-state index in [9.17, 15) is 9.00 Å². The number of carbonyl (C=O) groups is 1. The van der Waals surface area contributed by atoms with Crippen molar-refractivity contribution in [2.45, 2.75) is 6.42 Å². The molecule has 2 heterocycles. The molecular formula is C24H18N2O2S. The molecule has 5 heteroatoms. The van der Waals surface area contributed by atoms with Crippen LogP contribution in [0.3, 0.4) is 0 Å². The van der Waals surface area contributed by atoms with E-state index in [1.54, 1.807) is 42.0 Å². The molecule has 0 radical (unpaired) electrons. The van der Waals surface area contributed by atoms with Gasteiger partial charge in [-0.2, -0.15) is 0 Å². The average Bonchev–Trinajstić information content (AvgIpc) is 2.76. The molecule has 0 N–H and O–H groups in total. The maximum Gasteiger partial charge on any atom is 0.205 e. The predicted octanol–water partition coefficient (Wildman–Crippen LogP) is 4.01. The van der Waals surface area contributed by atoms with Crippen LogP contribution in [0.25, 0.3) is 6.08 Å². The lowest BCUT2D eigenvalue weighted by Crippen LogP contribution is -2.31. The Labute approximate surface area is 172 Å². The number of hydrogen-bond donors (Lipinski definition) is 0. The molecule has 2 aromatic carbocycles. The van der Waals surface area contributed by atoms with Gasteiger partial charge in [-0.25, -0.2) is 4.21 Å². The highest BCUT2D eigenvalue weighted by Gasteiger charge is 2.31. The minimum absolute atomic E-state index is 0.224. The smallest absolute Gasteiger partial charge is 0.205 e. The fourth-order valence-electron chi connectivity index (χ4n) is 3.08. The van der Waals surface area contributed by atoms with E-state index in [0.29, 0.717) is 17.7 Å². The number of aromatic nitrogens is 1. The van der Waals surface area contributed by atoms with E-state index in [2.05, 4.69) is 16.8 Å². The number of allylic oxidation sites excluding steroid dienone is 1. The van der Waals surface area contributed by atoms with E-state index >= 15 is 0 Å². The van der Waals surface area contributed by atoms with Gasteiger partial charge < -0.3 is 0 Å². The molecule has 0 bridgehead atoms. The second kappa shape index (κ2) is 8.26. The first-order valence-corrected chi connectivity index (χ1v) is 10.2. The largest absolute Gasteiger partial charge is 0.290 e. The zero-order valence-corrected chi connectivity index (χ0v) is 16.6. The van der Waals surface area contributed by atoms with Crippen molar-refractivity contribution in [3.63, 3.8) is 0 Å². The summed E-state index contributed by atoms with van der Waals surface area (Å²) in [6.07, 6.45) is 5.78. The number of ketones is 1. The molecule has 0 saturated heterocycles. The van der Waals surface area contributed by atoms with E-state index in [1.165, 1.54) is 0 Å². The van der Waals surface area contributed by atoms with Crippen LogP contribution in [0.1, 0.15) is 27.0 Å². The lowest BCUT2D eigenvalue weighted by Gasteiger charge is -2.27. The van der Waals surface area contributed by atoms with Crippen LogP contribution in [0.15, 0.2) is 78.0 Å². The van der Waals surface area contributed by atoms with E-state index in [1.807, 2.05) is 48.5 Å². The Balaban J connectivity index is 1.66. The molecule has 0 fully saturated rings. The first kappa shape index (κ1) is 18.9. The van der Waals surface area contributed by atoms with Gasteiger partial charge in [-0.3, -0.25) is 14.1 Å². The van der Waals surface area contributed by atoms with Gasteiger partial charge in [0, 0.05) is 37.0 Å². The van der Waals surface area contributed by atoms with Crippen molar-refractivity contribution in [3.05, 3.63) is 100 Å². The molecular weight excluding hydrogens is 380 g/mol. The number of Topliss-reactive ketones (excluding diaryl/α,β-unsaturated/α-hetero) is 1. The van der Waals surface area contributed by atoms with Gasteiger partial charge in [-0.05, 0) is 47.5 Å². The molecule has 1 aliphatic heterocycles. The van der Waals surface area contributed by atoms with Crippen molar-refractivity contribution in [1.82, 2.24) is 4.98 Å². The Morgan fingerprint density at radius 3 is 2.59 bits per heavy atom. The van der Waals surface area contributed by atoms with Gasteiger partial charge in [-0.15, -0.1) is 0 Å². The molecule has 0 saturated carbocycles. The van der Waals surface area contributed by atoms with Crippen LogP contribution in [-0.4, -0.2) is 22.0 Å². The van der Waals surface area contributed by atoms with Crippen molar-refractivity contribution in [3.8, 4) is 11.8 Å². The SMILES string of the molecule is CN1c2ccc(C#CCc3ccncc3)cc2C(=O)/C(=C\c2ccccc2)S1=O. The first-order chi connectivity index (χ1) is 14.1. The molecule has 1 unspecified atom stereocenters. The minimum Gasteiger partial charge on any atom is -0.290 e. The van der Waals surface area contributed by atoms with E-state index in [-0.39, 0.29) is 10.7 Å². The van der Waals surface area contributed by atoms with E-state index in [0.717, 1.165) is 16.7 Å². The quantitative estimate of drug-likeness (QED) is 0.484. The second-order valence-corrected chi connectivity index (χ2v) is 8.05. The average molecular weight is 398 g/mol. The number of carbonyl (C=O) groups excluding carboxylic acids is 1. The van der Waals surface area contributed by atoms with Gasteiger partial charge in [0.05, 0.1) is 5.69 Å². The summed E-state index contributed by atoms with van der Waals surface area (Å²) in [4.78, 5) is 17.4. The highest BCUT2D eigenvalue weighted by molar-refractivity contribution is 7.91. The molecule has 4 nitrogen and oxygen atoms in total. The molecule has 3 aromatic rings. The second-order valence-electron chi connectivity index (χ2n) is 6.56. The van der Waals surface area contributed by atoms with E-state index in [4.69, 9.17) is 0 Å². The van der Waals surface area contributed by atoms with E-state index < -0.39 is 11.0 Å². The third-order valence-electron chi connectivity index (χ3n) is 4.61. The summed E-state index contributed by atoms with van der Waals surface area (Å²) in [5.74, 6) is 6.03. The first-order valence-electron chi connectivity index (χ1n) is 9.12. The van der Waals surface area contributed by atoms with Crippen LogP contribution in [0.5, 0.6) is 0 Å². The third-order valence-corrected chi connectivity index (χ3v) is 5.99. The fourth-order valence-corrected chi connectivity index (χ4v) is 4.22. The monoisotopic (exact) mass is 398 g/mol. The van der Waals surface area contributed by atoms with Crippen LogP contribution in [0.4, 0.5) is 5.69 Å². The van der Waals surface area contributed by atoms with Gasteiger partial charge in [0.1, 0.15) is 4.91 Å². The molecule has 1 aliphatic rings. The Morgan fingerprint density at radius 1 is 1.07 bits per heavy atom. The summed E-state index contributed by atoms with van der Waals surface area (Å²) in [5.41, 5.74) is 3.86. The van der Waals surface area contributed by atoms with Crippen LogP contribution in [0, 0.1) is 11.8 Å². The molecule has 0 spiro atoms. The summed E-state index contributed by atoms with van der Waals surface area (Å²) in [7, 11) is 0.183. The number of benzene rings is 2. The topological polar surface area (TPSA) is 50.3 Å². The predicted molar refractivity (Wildman–Crippen MR) is 117 cm³/mol. The normalized spacial score (nSPS) is 16.9. The van der Waals surface area contributed by atoms with Crippen LogP contribution < -0.4 is 4.31 Å². The van der Waals surface area contributed by atoms with Gasteiger partial charge >= 0.3 is 0 Å². The molecule has 0 aliphatic carbocycles. The molecule has 142 valence electrons. The fraction of sp³-hybridized carbons (Fsp3) is 0.0833. The zero-order chi connectivity index (χ0) is 20.2. The summed E-state index contributed by atoms with van der Waals surface area (Å²) >= 11 is 0. The Bertz CT molecular complexity index is 1180. The van der Waals surface area contributed by atoms with Crippen LogP contribution in [0.2, 0.25) is 0 Å². The van der Waals surface area contributed by atoms with Crippen LogP contribution >= 0.6 is 0 Å². The number of anilines is 1. The van der Waals surface area contributed by atoms with Crippen molar-refractivity contribution in [1.29, 1.82) is 0 Å². The molecule has 4 rings (SSSR count). The van der Waals surface area contributed by atoms with Crippen molar-refractivity contribution >= 4 is 28.5 Å². The van der Waals surface area contributed by atoms with Crippen molar-refractivity contribution < 1.29 is 9.00 Å².